The summed E-state index contributed by atoms with van der Waals surface area (Å²) in [4.78, 5) is 23.9. The molecule has 1 aromatic heterocycles. The van der Waals surface area contributed by atoms with E-state index in [-0.39, 0.29) is 24.6 Å². The number of hydrogen-bond acceptors (Lipinski definition) is 5. The van der Waals surface area contributed by atoms with E-state index in [0.717, 1.165) is 11.3 Å². The molecule has 0 aliphatic carbocycles. The van der Waals surface area contributed by atoms with Gasteiger partial charge in [-0.05, 0) is 0 Å². The van der Waals surface area contributed by atoms with Crippen LogP contribution in [0, 0.1) is 0 Å². The second kappa shape index (κ2) is 5.40. The van der Waals surface area contributed by atoms with Gasteiger partial charge in [0.1, 0.15) is 6.61 Å². The van der Waals surface area contributed by atoms with Gasteiger partial charge < -0.3 is 20.1 Å². The minimum Gasteiger partial charge on any atom is -0.447 e. The van der Waals surface area contributed by atoms with E-state index in [4.69, 9.17) is 5.11 Å². The van der Waals surface area contributed by atoms with Crippen molar-refractivity contribution in [2.45, 2.75) is 6.54 Å². The van der Waals surface area contributed by atoms with Crippen LogP contribution in [0.25, 0.3) is 0 Å². The smallest absolute Gasteiger partial charge is 0.407 e. The quantitative estimate of drug-likeness (QED) is 0.644. The van der Waals surface area contributed by atoms with Crippen LogP contribution in [0.2, 0.25) is 0 Å². The molecule has 0 saturated carbocycles. The molecule has 0 aliphatic rings. The number of nitrogens with one attached hydrogen (secondary N) is 2. The molecule has 0 radical (unpaired) electrons. The van der Waals surface area contributed by atoms with Crippen molar-refractivity contribution >= 4 is 17.4 Å². The summed E-state index contributed by atoms with van der Waals surface area (Å²) < 4.78 is 4.53. The first-order valence-corrected chi connectivity index (χ1v) is 4.78. The van der Waals surface area contributed by atoms with Crippen LogP contribution in [0.4, 0.5) is 4.79 Å². The molecule has 0 bridgehead atoms. The lowest BCUT2D eigenvalue weighted by atomic mass is 10.5. The van der Waals surface area contributed by atoms with Crippen molar-refractivity contribution in [1.82, 2.24) is 10.3 Å². The van der Waals surface area contributed by atoms with Gasteiger partial charge in [-0.15, -0.1) is 0 Å². The average molecular weight is 218 g/mol. The molecule has 1 heterocycles. The van der Waals surface area contributed by atoms with Gasteiger partial charge in [0.15, 0.2) is 0 Å². The molecule has 1 aromatic rings. The second-order valence-electron chi connectivity index (χ2n) is 2.39. The molecular formula is C7H10N2O4S. The fourth-order valence-corrected chi connectivity index (χ4v) is 1.34. The van der Waals surface area contributed by atoms with E-state index in [1.807, 2.05) is 0 Å². The monoisotopic (exact) mass is 218 g/mol. The van der Waals surface area contributed by atoms with Crippen LogP contribution >= 0.6 is 11.3 Å². The first-order valence-electron chi connectivity index (χ1n) is 3.90. The lowest BCUT2D eigenvalue weighted by Crippen LogP contribution is -2.25. The molecule has 0 aliphatic heterocycles. The van der Waals surface area contributed by atoms with Crippen LogP contribution < -0.4 is 10.2 Å². The number of carbonyl (C=O) groups excluding carboxylic acids is 1. The van der Waals surface area contributed by atoms with E-state index in [1.54, 1.807) is 5.38 Å². The van der Waals surface area contributed by atoms with Crippen LogP contribution in [0.3, 0.4) is 0 Å². The van der Waals surface area contributed by atoms with Gasteiger partial charge in [-0.1, -0.05) is 11.3 Å². The number of aromatic amines is 1. The van der Waals surface area contributed by atoms with E-state index >= 15 is 0 Å². The van der Waals surface area contributed by atoms with E-state index in [2.05, 4.69) is 15.0 Å². The molecule has 0 unspecified atom stereocenters. The molecule has 0 fully saturated rings. The number of aromatic nitrogens is 1. The summed E-state index contributed by atoms with van der Waals surface area (Å²) in [6.07, 6.45) is -0.619. The molecule has 3 N–H and O–H groups in total. The Morgan fingerprint density at radius 3 is 3.07 bits per heavy atom. The maximum Gasteiger partial charge on any atom is 0.407 e. The summed E-state index contributed by atoms with van der Waals surface area (Å²) >= 11 is 1.03. The van der Waals surface area contributed by atoms with Gasteiger partial charge in [-0.25, -0.2) is 4.79 Å². The van der Waals surface area contributed by atoms with Crippen LogP contribution in [0.5, 0.6) is 0 Å². The van der Waals surface area contributed by atoms with Crippen molar-refractivity contribution in [2.75, 3.05) is 13.2 Å². The Balaban J connectivity index is 2.27. The molecule has 1 amide bonds. The van der Waals surface area contributed by atoms with Crippen LogP contribution in [-0.4, -0.2) is 29.4 Å². The molecule has 1 rings (SSSR count). The third kappa shape index (κ3) is 3.58. The molecular weight excluding hydrogens is 208 g/mol. The summed E-state index contributed by atoms with van der Waals surface area (Å²) in [7, 11) is 0. The van der Waals surface area contributed by atoms with Crippen molar-refractivity contribution < 1.29 is 14.6 Å². The van der Waals surface area contributed by atoms with E-state index in [0.29, 0.717) is 5.69 Å². The van der Waals surface area contributed by atoms with Gasteiger partial charge in [0.25, 0.3) is 0 Å². The highest BCUT2D eigenvalue weighted by Gasteiger charge is 2.02. The maximum atomic E-state index is 10.8. The number of H-pyrrole nitrogens is 1. The number of carbonyl (C=O) groups is 1. The largest absolute Gasteiger partial charge is 0.447 e. The summed E-state index contributed by atoms with van der Waals surface area (Å²) in [5.41, 5.74) is 0.626. The molecule has 6 nitrogen and oxygen atoms in total. The summed E-state index contributed by atoms with van der Waals surface area (Å²) in [5.74, 6) is 0. The van der Waals surface area contributed by atoms with Crippen molar-refractivity contribution in [2.24, 2.45) is 0 Å². The highest BCUT2D eigenvalue weighted by atomic mass is 32.1. The fourth-order valence-electron chi connectivity index (χ4n) is 0.757. The average Bonchev–Trinajstić information content (AvgIpc) is 2.58. The van der Waals surface area contributed by atoms with Gasteiger partial charge >= 0.3 is 11.0 Å². The van der Waals surface area contributed by atoms with Crippen molar-refractivity contribution in [3.8, 4) is 0 Å². The normalized spacial score (nSPS) is 9.79. The van der Waals surface area contributed by atoms with Gasteiger partial charge in [0.2, 0.25) is 0 Å². The van der Waals surface area contributed by atoms with Gasteiger partial charge in [0.05, 0.1) is 13.2 Å². The summed E-state index contributed by atoms with van der Waals surface area (Å²) in [6.45, 7) is -0.0301. The highest BCUT2D eigenvalue weighted by molar-refractivity contribution is 7.07. The highest BCUT2D eigenvalue weighted by Crippen LogP contribution is 1.94. The van der Waals surface area contributed by atoms with E-state index < -0.39 is 6.09 Å². The fraction of sp³-hybridized carbons (Fsp3) is 0.429. The zero-order valence-corrected chi connectivity index (χ0v) is 8.10. The Kier molecular flexibility index (Phi) is 4.14. The lowest BCUT2D eigenvalue weighted by molar-refractivity contribution is 0.118. The number of aliphatic hydroxyl groups is 1. The molecule has 0 atom stereocenters. The number of alkyl carbamates (subject to hydrolysis) is 1. The number of hydrogen-bond donors (Lipinski definition) is 3. The second-order valence-corrected chi connectivity index (χ2v) is 3.23. The third-order valence-electron chi connectivity index (χ3n) is 1.32. The molecule has 14 heavy (non-hydrogen) atoms. The van der Waals surface area contributed by atoms with E-state index in [1.165, 1.54) is 0 Å². The molecule has 0 spiro atoms. The SMILES string of the molecule is O=C(NCc1csc(=O)[nH]1)OCCO. The van der Waals surface area contributed by atoms with Crippen LogP contribution in [0.1, 0.15) is 5.69 Å². The molecule has 0 aromatic carbocycles. The minimum absolute atomic E-state index is 0.0357. The Morgan fingerprint density at radius 2 is 2.50 bits per heavy atom. The van der Waals surface area contributed by atoms with E-state index in [9.17, 15) is 9.59 Å². The van der Waals surface area contributed by atoms with Gasteiger partial charge in [0, 0.05) is 11.1 Å². The lowest BCUT2D eigenvalue weighted by Gasteiger charge is -2.03. The number of aliphatic hydroxyl groups excluding tert-OH is 1. The van der Waals surface area contributed by atoms with Crippen molar-refractivity contribution in [3.05, 3.63) is 20.7 Å². The predicted octanol–water partition coefficient (Wildman–Crippen LogP) is -0.345. The number of rotatable bonds is 4. The maximum absolute atomic E-state index is 10.8. The third-order valence-corrected chi connectivity index (χ3v) is 2.04. The van der Waals surface area contributed by atoms with Crippen LogP contribution in [-0.2, 0) is 11.3 Å². The topological polar surface area (TPSA) is 91.4 Å². The first kappa shape index (κ1) is 10.7. The Morgan fingerprint density at radius 1 is 1.71 bits per heavy atom. The van der Waals surface area contributed by atoms with Gasteiger partial charge in [-0.2, -0.15) is 0 Å². The Labute approximate surface area is 83.5 Å². The first-order chi connectivity index (χ1) is 6.72. The van der Waals surface area contributed by atoms with Gasteiger partial charge in [-0.3, -0.25) is 4.79 Å². The molecule has 0 saturated heterocycles. The summed E-state index contributed by atoms with van der Waals surface area (Å²) in [6, 6.07) is 0. The number of amides is 1. The molecule has 78 valence electrons. The van der Waals surface area contributed by atoms with Crippen molar-refractivity contribution in [3.63, 3.8) is 0 Å². The Hall–Kier alpha value is -1.34. The molecule has 7 heteroatoms. The van der Waals surface area contributed by atoms with Crippen molar-refractivity contribution in [1.29, 1.82) is 0 Å². The zero-order chi connectivity index (χ0) is 10.4. The standard InChI is InChI=1S/C7H10N2O4S/c10-1-2-13-6(11)8-3-5-4-14-7(12)9-5/h4,10H,1-3H2,(H,8,11)(H,9,12). The predicted molar refractivity (Wildman–Crippen MR) is 50.2 cm³/mol. The number of thiazole rings is 1. The zero-order valence-electron chi connectivity index (χ0n) is 7.28. The Bertz CT molecular complexity index is 345. The number of ether oxygens (including phenoxy) is 1. The summed E-state index contributed by atoms with van der Waals surface area (Å²) in [5, 5.41) is 12.4. The minimum atomic E-state index is -0.619. The van der Waals surface area contributed by atoms with Crippen LogP contribution in [0.15, 0.2) is 10.2 Å².